The van der Waals surface area contributed by atoms with Gasteiger partial charge >= 0.3 is 0 Å². The summed E-state index contributed by atoms with van der Waals surface area (Å²) in [4.78, 5) is 2.13. The highest BCUT2D eigenvalue weighted by molar-refractivity contribution is 9.11. The maximum atomic E-state index is 5.31. The Balaban J connectivity index is 2.07. The normalized spacial score (nSPS) is 22.2. The molecule has 0 amide bonds. The number of ether oxygens (including phenoxy) is 1. The lowest BCUT2D eigenvalue weighted by Gasteiger charge is -2.21. The first-order valence-corrected chi connectivity index (χ1v) is 5.68. The van der Waals surface area contributed by atoms with Crippen molar-refractivity contribution in [3.63, 3.8) is 0 Å². The van der Waals surface area contributed by atoms with Crippen LogP contribution in [0.2, 0.25) is 0 Å². The van der Waals surface area contributed by atoms with Gasteiger partial charge in [-0.1, -0.05) is 11.3 Å². The summed E-state index contributed by atoms with van der Waals surface area (Å²) in [5.41, 5.74) is 0. The fourth-order valence-electron chi connectivity index (χ4n) is 1.32. The van der Waals surface area contributed by atoms with Crippen LogP contribution in [0.25, 0.3) is 0 Å². The molecule has 0 saturated carbocycles. The van der Waals surface area contributed by atoms with E-state index < -0.39 is 0 Å². The summed E-state index contributed by atoms with van der Waals surface area (Å²) in [6.07, 6.45) is 1.08. The Morgan fingerprint density at radius 3 is 3.00 bits per heavy atom. The molecule has 72 valence electrons. The van der Waals surface area contributed by atoms with E-state index >= 15 is 0 Å². The van der Waals surface area contributed by atoms with Gasteiger partial charge < -0.3 is 9.64 Å². The molecule has 2 rings (SSSR count). The van der Waals surface area contributed by atoms with E-state index in [9.17, 15) is 0 Å². The number of hydrogen-bond acceptors (Lipinski definition) is 5. The van der Waals surface area contributed by atoms with Gasteiger partial charge in [0.2, 0.25) is 5.13 Å². The molecule has 6 heteroatoms. The maximum Gasteiger partial charge on any atom is 0.209 e. The van der Waals surface area contributed by atoms with Crippen LogP contribution >= 0.6 is 27.3 Å². The Morgan fingerprint density at radius 1 is 1.62 bits per heavy atom. The Bertz CT molecular complexity index is 287. The highest BCUT2D eigenvalue weighted by atomic mass is 79.9. The lowest BCUT2D eigenvalue weighted by atomic mass is 10.2. The quantitative estimate of drug-likeness (QED) is 0.811. The van der Waals surface area contributed by atoms with E-state index in [1.807, 2.05) is 7.05 Å². The molecule has 13 heavy (non-hydrogen) atoms. The zero-order valence-electron chi connectivity index (χ0n) is 7.23. The van der Waals surface area contributed by atoms with Crippen molar-refractivity contribution in [3.05, 3.63) is 3.92 Å². The lowest BCUT2D eigenvalue weighted by molar-refractivity contribution is 0.193. The Kier molecular flexibility index (Phi) is 2.80. The molecule has 1 atom stereocenters. The summed E-state index contributed by atoms with van der Waals surface area (Å²) in [7, 11) is 2.03. The smallest absolute Gasteiger partial charge is 0.209 e. The van der Waals surface area contributed by atoms with E-state index in [1.165, 1.54) is 0 Å². The van der Waals surface area contributed by atoms with Crippen LogP contribution in [0.1, 0.15) is 6.42 Å². The van der Waals surface area contributed by atoms with E-state index in [1.54, 1.807) is 11.3 Å². The Morgan fingerprint density at radius 2 is 2.46 bits per heavy atom. The van der Waals surface area contributed by atoms with Gasteiger partial charge in [0.15, 0.2) is 3.92 Å². The third-order valence-corrected chi connectivity index (χ3v) is 3.59. The molecule has 1 aliphatic rings. The van der Waals surface area contributed by atoms with Crippen LogP contribution in [0, 0.1) is 0 Å². The van der Waals surface area contributed by atoms with Gasteiger partial charge in [-0.05, 0) is 22.4 Å². The van der Waals surface area contributed by atoms with Gasteiger partial charge in [-0.2, -0.15) is 0 Å². The van der Waals surface area contributed by atoms with E-state index in [0.29, 0.717) is 6.04 Å². The number of anilines is 1. The van der Waals surface area contributed by atoms with E-state index in [4.69, 9.17) is 4.74 Å². The number of rotatable bonds is 2. The maximum absolute atomic E-state index is 5.31. The molecule has 4 nitrogen and oxygen atoms in total. The van der Waals surface area contributed by atoms with Crippen molar-refractivity contribution in [3.8, 4) is 0 Å². The average molecular weight is 264 g/mol. The lowest BCUT2D eigenvalue weighted by Crippen LogP contribution is -2.31. The second-order valence-corrected chi connectivity index (χ2v) is 5.20. The highest BCUT2D eigenvalue weighted by Crippen LogP contribution is 2.26. The van der Waals surface area contributed by atoms with Gasteiger partial charge in [-0.25, -0.2) is 0 Å². The van der Waals surface area contributed by atoms with Gasteiger partial charge in [0.1, 0.15) is 0 Å². The minimum absolute atomic E-state index is 0.458. The van der Waals surface area contributed by atoms with Crippen molar-refractivity contribution < 1.29 is 4.74 Å². The van der Waals surface area contributed by atoms with Crippen LogP contribution in [0.15, 0.2) is 3.92 Å². The minimum Gasteiger partial charge on any atom is -0.379 e. The predicted octanol–water partition coefficient (Wildman–Crippen LogP) is 1.53. The molecule has 1 unspecified atom stereocenters. The molecule has 0 N–H and O–H groups in total. The Hall–Kier alpha value is -0.200. The second kappa shape index (κ2) is 3.89. The van der Waals surface area contributed by atoms with E-state index in [2.05, 4.69) is 31.0 Å². The predicted molar refractivity (Wildman–Crippen MR) is 55.2 cm³/mol. The van der Waals surface area contributed by atoms with Crippen LogP contribution in [-0.2, 0) is 4.74 Å². The average Bonchev–Trinajstić information content (AvgIpc) is 2.72. The summed E-state index contributed by atoms with van der Waals surface area (Å²) in [5, 5.41) is 8.91. The monoisotopic (exact) mass is 263 g/mol. The molecule has 1 aliphatic heterocycles. The molecular weight excluding hydrogens is 254 g/mol. The van der Waals surface area contributed by atoms with Crippen molar-refractivity contribution in [1.29, 1.82) is 0 Å². The second-order valence-electron chi connectivity index (χ2n) is 2.97. The fourth-order valence-corrected chi connectivity index (χ4v) is 2.45. The number of hydrogen-bond donors (Lipinski definition) is 0. The summed E-state index contributed by atoms with van der Waals surface area (Å²) >= 11 is 4.84. The minimum atomic E-state index is 0.458. The van der Waals surface area contributed by atoms with Crippen LogP contribution in [0.4, 0.5) is 5.13 Å². The molecule has 0 radical (unpaired) electrons. The van der Waals surface area contributed by atoms with E-state index in [-0.39, 0.29) is 0 Å². The fraction of sp³-hybridized carbons (Fsp3) is 0.714. The number of aromatic nitrogens is 2. The molecule has 0 spiro atoms. The van der Waals surface area contributed by atoms with Gasteiger partial charge in [0, 0.05) is 13.7 Å². The molecule has 1 saturated heterocycles. The third kappa shape index (κ3) is 2.00. The third-order valence-electron chi connectivity index (χ3n) is 2.14. The van der Waals surface area contributed by atoms with Crippen LogP contribution in [-0.4, -0.2) is 36.5 Å². The van der Waals surface area contributed by atoms with Crippen molar-refractivity contribution >= 4 is 32.4 Å². The molecule has 0 bridgehead atoms. The first-order valence-electron chi connectivity index (χ1n) is 4.07. The largest absolute Gasteiger partial charge is 0.379 e. The van der Waals surface area contributed by atoms with Crippen molar-refractivity contribution in [1.82, 2.24) is 10.2 Å². The molecule has 0 aliphatic carbocycles. The number of likely N-dealkylation sites (N-methyl/N-ethyl adjacent to an activating group) is 1. The zero-order valence-corrected chi connectivity index (χ0v) is 9.64. The van der Waals surface area contributed by atoms with Gasteiger partial charge in [0.25, 0.3) is 0 Å². The standard InChI is InChI=1S/C7H10BrN3OS/c1-11(5-2-3-12-4-5)7-10-9-6(8)13-7/h5H,2-4H2,1H3. The first-order chi connectivity index (χ1) is 6.27. The summed E-state index contributed by atoms with van der Waals surface area (Å²) in [6, 6.07) is 0.458. The topological polar surface area (TPSA) is 38.2 Å². The van der Waals surface area contributed by atoms with E-state index in [0.717, 1.165) is 28.7 Å². The van der Waals surface area contributed by atoms with Gasteiger partial charge in [0.05, 0.1) is 12.6 Å². The van der Waals surface area contributed by atoms with Crippen molar-refractivity contribution in [2.45, 2.75) is 12.5 Å². The van der Waals surface area contributed by atoms with Crippen molar-refractivity contribution in [2.24, 2.45) is 0 Å². The zero-order chi connectivity index (χ0) is 9.26. The van der Waals surface area contributed by atoms with Crippen LogP contribution in [0.3, 0.4) is 0 Å². The summed E-state index contributed by atoms with van der Waals surface area (Å²) in [6.45, 7) is 1.66. The van der Waals surface area contributed by atoms with Crippen LogP contribution < -0.4 is 4.90 Å². The summed E-state index contributed by atoms with van der Waals surface area (Å²) in [5.74, 6) is 0. The van der Waals surface area contributed by atoms with Crippen molar-refractivity contribution in [2.75, 3.05) is 25.2 Å². The van der Waals surface area contributed by atoms with Gasteiger partial charge in [-0.3, -0.25) is 0 Å². The number of nitrogens with zero attached hydrogens (tertiary/aromatic N) is 3. The SMILES string of the molecule is CN(c1nnc(Br)s1)C1CCOC1. The van der Waals surface area contributed by atoms with Crippen LogP contribution in [0.5, 0.6) is 0 Å². The Labute approximate surface area is 89.0 Å². The highest BCUT2D eigenvalue weighted by Gasteiger charge is 2.22. The summed E-state index contributed by atoms with van der Waals surface area (Å²) < 4.78 is 6.14. The molecule has 1 aromatic rings. The van der Waals surface area contributed by atoms with Gasteiger partial charge in [-0.15, -0.1) is 10.2 Å². The molecule has 1 aromatic heterocycles. The first kappa shape index (κ1) is 9.36. The molecule has 0 aromatic carbocycles. The molecule has 2 heterocycles. The number of halogens is 1. The molecular formula is C7H10BrN3OS. The molecule has 1 fully saturated rings.